The third-order valence-electron chi connectivity index (χ3n) is 2.68. The zero-order valence-electron chi connectivity index (χ0n) is 9.15. The van der Waals surface area contributed by atoms with Crippen LogP contribution in [0.25, 0.3) is 0 Å². The molecule has 1 saturated carbocycles. The number of hydrogen-bond donors (Lipinski definition) is 2. The van der Waals surface area contributed by atoms with Gasteiger partial charge < -0.3 is 10.2 Å². The number of nitrogens with zero attached hydrogens (tertiary/aromatic N) is 1. The molecule has 0 aromatic carbocycles. The number of rotatable bonds is 7. The molecule has 1 fully saturated rings. The summed E-state index contributed by atoms with van der Waals surface area (Å²) in [5.41, 5.74) is 0.457. The van der Waals surface area contributed by atoms with Gasteiger partial charge in [0.15, 0.2) is 0 Å². The van der Waals surface area contributed by atoms with E-state index in [1.165, 1.54) is 12.8 Å². The molecule has 0 unspecified atom stereocenters. The molecular weight excluding hydrogens is 194 g/mol. The van der Waals surface area contributed by atoms with Crippen LogP contribution in [-0.4, -0.2) is 46.8 Å². The second kappa shape index (κ2) is 5.88. The molecule has 1 aliphatic carbocycles. The topological polar surface area (TPSA) is 60.8 Å². The van der Waals surface area contributed by atoms with Crippen LogP contribution in [0.4, 0.5) is 0 Å². The third-order valence-corrected chi connectivity index (χ3v) is 2.68. The number of aliphatic hydroxyl groups excluding tert-OH is 1. The van der Waals surface area contributed by atoms with Crippen LogP contribution >= 0.6 is 0 Å². The molecule has 0 spiro atoms. The minimum absolute atomic E-state index is 0.138. The Kier molecular flexibility index (Phi) is 4.78. The van der Waals surface area contributed by atoms with Crippen LogP contribution in [-0.2, 0) is 4.79 Å². The Hall–Kier alpha value is -0.870. The Morgan fingerprint density at radius 2 is 2.20 bits per heavy atom. The zero-order chi connectivity index (χ0) is 11.3. The van der Waals surface area contributed by atoms with E-state index in [-0.39, 0.29) is 6.61 Å². The van der Waals surface area contributed by atoms with E-state index < -0.39 is 5.97 Å². The van der Waals surface area contributed by atoms with Crippen LogP contribution in [0.15, 0.2) is 11.6 Å². The first-order chi connectivity index (χ1) is 7.19. The van der Waals surface area contributed by atoms with Gasteiger partial charge in [-0.15, -0.1) is 0 Å². The third kappa shape index (κ3) is 4.01. The molecule has 0 bridgehead atoms. The molecule has 1 rings (SSSR count). The summed E-state index contributed by atoms with van der Waals surface area (Å²) in [4.78, 5) is 12.9. The molecule has 4 heteroatoms. The van der Waals surface area contributed by atoms with Crippen LogP contribution < -0.4 is 0 Å². The number of carbonyl (C=O) groups is 1. The van der Waals surface area contributed by atoms with Crippen molar-refractivity contribution in [3.63, 3.8) is 0 Å². The standard InChI is InChI=1S/C11H19NO3/c1-2-9(11(14)15)5-6-12(7-8-13)10-3-4-10/h5,10,13H,2-4,6-8H2,1H3,(H,14,15). The summed E-state index contributed by atoms with van der Waals surface area (Å²) in [5, 5.41) is 17.7. The fourth-order valence-electron chi connectivity index (χ4n) is 1.60. The van der Waals surface area contributed by atoms with Crippen molar-refractivity contribution in [3.05, 3.63) is 11.6 Å². The molecule has 0 aromatic rings. The molecule has 0 aromatic heterocycles. The maximum absolute atomic E-state index is 10.8. The largest absolute Gasteiger partial charge is 0.478 e. The maximum Gasteiger partial charge on any atom is 0.331 e. The van der Waals surface area contributed by atoms with Gasteiger partial charge in [-0.1, -0.05) is 13.0 Å². The Balaban J connectivity index is 2.46. The van der Waals surface area contributed by atoms with Gasteiger partial charge >= 0.3 is 5.97 Å². The average molecular weight is 213 g/mol. The molecule has 2 N–H and O–H groups in total. The van der Waals surface area contributed by atoms with E-state index in [2.05, 4.69) is 4.90 Å². The summed E-state index contributed by atoms with van der Waals surface area (Å²) < 4.78 is 0. The summed E-state index contributed by atoms with van der Waals surface area (Å²) in [5.74, 6) is -0.836. The van der Waals surface area contributed by atoms with Crippen molar-refractivity contribution >= 4 is 5.97 Å². The van der Waals surface area contributed by atoms with Gasteiger partial charge in [0, 0.05) is 24.7 Å². The molecule has 0 heterocycles. The molecule has 0 amide bonds. The highest BCUT2D eigenvalue weighted by atomic mass is 16.4. The van der Waals surface area contributed by atoms with Crippen LogP contribution in [0.3, 0.4) is 0 Å². The number of aliphatic carboxylic acids is 1. The monoisotopic (exact) mass is 213 g/mol. The molecule has 4 nitrogen and oxygen atoms in total. The minimum Gasteiger partial charge on any atom is -0.478 e. The van der Waals surface area contributed by atoms with Gasteiger partial charge in [-0.25, -0.2) is 4.79 Å². The molecule has 0 radical (unpaired) electrons. The van der Waals surface area contributed by atoms with Crippen LogP contribution in [0.2, 0.25) is 0 Å². The van der Waals surface area contributed by atoms with Crippen molar-refractivity contribution in [2.45, 2.75) is 32.2 Å². The van der Waals surface area contributed by atoms with Gasteiger partial charge in [0.05, 0.1) is 6.61 Å². The van der Waals surface area contributed by atoms with Crippen LogP contribution in [0.1, 0.15) is 26.2 Å². The Morgan fingerprint density at radius 3 is 2.60 bits per heavy atom. The minimum atomic E-state index is -0.836. The van der Waals surface area contributed by atoms with E-state index in [1.54, 1.807) is 6.08 Å². The summed E-state index contributed by atoms with van der Waals surface area (Å²) >= 11 is 0. The second-order valence-electron chi connectivity index (χ2n) is 3.84. The smallest absolute Gasteiger partial charge is 0.331 e. The first kappa shape index (κ1) is 12.2. The van der Waals surface area contributed by atoms with Crippen LogP contribution in [0, 0.1) is 0 Å². The van der Waals surface area contributed by atoms with Crippen molar-refractivity contribution in [2.75, 3.05) is 19.7 Å². The van der Waals surface area contributed by atoms with E-state index in [4.69, 9.17) is 10.2 Å². The normalized spacial score (nSPS) is 17.1. The predicted molar refractivity (Wildman–Crippen MR) is 57.7 cm³/mol. The van der Waals surface area contributed by atoms with E-state index in [0.717, 1.165) is 0 Å². The maximum atomic E-state index is 10.8. The summed E-state index contributed by atoms with van der Waals surface area (Å²) in [6.07, 6.45) is 4.65. The highest BCUT2D eigenvalue weighted by molar-refractivity contribution is 5.86. The predicted octanol–water partition coefficient (Wildman–Crippen LogP) is 0.864. The first-order valence-corrected chi connectivity index (χ1v) is 5.46. The van der Waals surface area contributed by atoms with E-state index >= 15 is 0 Å². The van der Waals surface area contributed by atoms with Gasteiger partial charge in [0.2, 0.25) is 0 Å². The number of hydrogen-bond acceptors (Lipinski definition) is 3. The Bertz CT molecular complexity index is 246. The number of carboxylic acid groups (broad SMARTS) is 1. The molecule has 15 heavy (non-hydrogen) atoms. The first-order valence-electron chi connectivity index (χ1n) is 5.46. The van der Waals surface area contributed by atoms with E-state index in [1.807, 2.05) is 6.92 Å². The molecule has 0 saturated heterocycles. The lowest BCUT2D eigenvalue weighted by molar-refractivity contribution is -0.132. The highest BCUT2D eigenvalue weighted by Gasteiger charge is 2.27. The summed E-state index contributed by atoms with van der Waals surface area (Å²) in [7, 11) is 0. The second-order valence-corrected chi connectivity index (χ2v) is 3.84. The highest BCUT2D eigenvalue weighted by Crippen LogP contribution is 2.26. The van der Waals surface area contributed by atoms with Crippen molar-refractivity contribution in [1.82, 2.24) is 4.90 Å². The van der Waals surface area contributed by atoms with Crippen molar-refractivity contribution < 1.29 is 15.0 Å². The summed E-state index contributed by atoms with van der Waals surface area (Å²) in [6, 6.07) is 0.556. The lowest BCUT2D eigenvalue weighted by Gasteiger charge is -2.18. The quantitative estimate of drug-likeness (QED) is 0.616. The number of carboxylic acids is 1. The fraction of sp³-hybridized carbons (Fsp3) is 0.727. The zero-order valence-corrected chi connectivity index (χ0v) is 9.15. The van der Waals surface area contributed by atoms with Gasteiger partial charge in [-0.2, -0.15) is 0 Å². The lowest BCUT2D eigenvalue weighted by atomic mass is 10.2. The van der Waals surface area contributed by atoms with Gasteiger partial charge in [-0.05, 0) is 19.3 Å². The Labute approximate surface area is 90.2 Å². The van der Waals surface area contributed by atoms with Crippen molar-refractivity contribution in [1.29, 1.82) is 0 Å². The van der Waals surface area contributed by atoms with Crippen molar-refractivity contribution in [3.8, 4) is 0 Å². The SMILES string of the molecule is CCC(=CCN(CCO)C1CC1)C(=O)O. The van der Waals surface area contributed by atoms with E-state index in [0.29, 0.717) is 31.1 Å². The molecule has 1 aliphatic rings. The lowest BCUT2D eigenvalue weighted by Crippen LogP contribution is -2.29. The number of aliphatic hydroxyl groups is 1. The summed E-state index contributed by atoms with van der Waals surface area (Å²) in [6.45, 7) is 3.25. The van der Waals surface area contributed by atoms with Crippen molar-refractivity contribution in [2.24, 2.45) is 0 Å². The van der Waals surface area contributed by atoms with Gasteiger partial charge in [-0.3, -0.25) is 4.90 Å². The van der Waals surface area contributed by atoms with E-state index in [9.17, 15) is 4.79 Å². The Morgan fingerprint density at radius 1 is 1.53 bits per heavy atom. The molecule has 0 aliphatic heterocycles. The van der Waals surface area contributed by atoms with Gasteiger partial charge in [0.1, 0.15) is 0 Å². The van der Waals surface area contributed by atoms with Crippen LogP contribution in [0.5, 0.6) is 0 Å². The molecular formula is C11H19NO3. The average Bonchev–Trinajstić information content (AvgIpc) is 3.00. The molecule has 86 valence electrons. The fourth-order valence-corrected chi connectivity index (χ4v) is 1.60. The molecule has 0 atom stereocenters. The van der Waals surface area contributed by atoms with Gasteiger partial charge in [0.25, 0.3) is 0 Å².